The SMILES string of the molecule is CCCCCCCCCC1(C)CCC(N)C1. The molecule has 1 heteroatoms. The van der Waals surface area contributed by atoms with Crippen molar-refractivity contribution in [2.45, 2.75) is 90.5 Å². The quantitative estimate of drug-likeness (QED) is 0.598. The van der Waals surface area contributed by atoms with Crippen LogP contribution in [0.4, 0.5) is 0 Å². The molecular weight excluding hydrogens is 194 g/mol. The molecule has 1 aliphatic rings. The van der Waals surface area contributed by atoms with Crippen LogP contribution in [0.3, 0.4) is 0 Å². The number of hydrogen-bond acceptors (Lipinski definition) is 1. The van der Waals surface area contributed by atoms with Crippen molar-refractivity contribution < 1.29 is 0 Å². The van der Waals surface area contributed by atoms with Crippen LogP contribution in [-0.2, 0) is 0 Å². The first-order valence-corrected chi connectivity index (χ1v) is 7.42. The highest BCUT2D eigenvalue weighted by atomic mass is 14.7. The molecule has 0 amide bonds. The van der Waals surface area contributed by atoms with E-state index in [2.05, 4.69) is 13.8 Å². The molecule has 96 valence electrons. The van der Waals surface area contributed by atoms with Gasteiger partial charge in [0.15, 0.2) is 0 Å². The van der Waals surface area contributed by atoms with Gasteiger partial charge in [-0.25, -0.2) is 0 Å². The summed E-state index contributed by atoms with van der Waals surface area (Å²) in [5.41, 5.74) is 6.58. The summed E-state index contributed by atoms with van der Waals surface area (Å²) >= 11 is 0. The lowest BCUT2D eigenvalue weighted by Gasteiger charge is -2.23. The second-order valence-corrected chi connectivity index (χ2v) is 6.18. The normalized spacial score (nSPS) is 29.8. The van der Waals surface area contributed by atoms with Gasteiger partial charge in [0.05, 0.1) is 0 Å². The molecule has 0 heterocycles. The summed E-state index contributed by atoms with van der Waals surface area (Å²) in [5.74, 6) is 0. The zero-order valence-electron chi connectivity index (χ0n) is 11.4. The van der Waals surface area contributed by atoms with E-state index in [-0.39, 0.29) is 0 Å². The number of unbranched alkanes of at least 4 members (excludes halogenated alkanes) is 6. The van der Waals surface area contributed by atoms with Crippen LogP contribution in [0, 0.1) is 5.41 Å². The summed E-state index contributed by atoms with van der Waals surface area (Å²) in [6.45, 7) is 4.72. The van der Waals surface area contributed by atoms with Gasteiger partial charge >= 0.3 is 0 Å². The Kier molecular flexibility index (Phi) is 6.41. The van der Waals surface area contributed by atoms with Crippen molar-refractivity contribution in [3.63, 3.8) is 0 Å². The Morgan fingerprint density at radius 1 is 1.06 bits per heavy atom. The fourth-order valence-corrected chi connectivity index (χ4v) is 3.11. The molecular formula is C15H31N. The summed E-state index contributed by atoms with van der Waals surface area (Å²) in [5, 5.41) is 0. The smallest absolute Gasteiger partial charge is 0.00442 e. The van der Waals surface area contributed by atoms with Gasteiger partial charge < -0.3 is 5.73 Å². The molecule has 1 aliphatic carbocycles. The second kappa shape index (κ2) is 7.32. The molecule has 1 nitrogen and oxygen atoms in total. The predicted molar refractivity (Wildman–Crippen MR) is 72.5 cm³/mol. The Balaban J connectivity index is 1.94. The van der Waals surface area contributed by atoms with Gasteiger partial charge in [-0.15, -0.1) is 0 Å². The lowest BCUT2D eigenvalue weighted by Crippen LogP contribution is -2.19. The highest BCUT2D eigenvalue weighted by Crippen LogP contribution is 2.41. The third-order valence-corrected chi connectivity index (χ3v) is 4.26. The minimum Gasteiger partial charge on any atom is -0.328 e. The van der Waals surface area contributed by atoms with Crippen molar-refractivity contribution in [1.29, 1.82) is 0 Å². The van der Waals surface area contributed by atoms with Gasteiger partial charge in [0.25, 0.3) is 0 Å². The molecule has 0 spiro atoms. The van der Waals surface area contributed by atoms with Crippen molar-refractivity contribution in [2.24, 2.45) is 11.1 Å². The van der Waals surface area contributed by atoms with Crippen molar-refractivity contribution >= 4 is 0 Å². The Labute approximate surface area is 102 Å². The van der Waals surface area contributed by atoms with Gasteiger partial charge in [0.1, 0.15) is 0 Å². The maximum Gasteiger partial charge on any atom is 0.00442 e. The van der Waals surface area contributed by atoms with E-state index < -0.39 is 0 Å². The van der Waals surface area contributed by atoms with Gasteiger partial charge in [0, 0.05) is 6.04 Å². The third-order valence-electron chi connectivity index (χ3n) is 4.26. The average molecular weight is 225 g/mol. The van der Waals surface area contributed by atoms with Crippen molar-refractivity contribution in [3.8, 4) is 0 Å². The molecule has 0 aliphatic heterocycles. The van der Waals surface area contributed by atoms with Gasteiger partial charge in [-0.1, -0.05) is 58.8 Å². The van der Waals surface area contributed by atoms with E-state index in [0.29, 0.717) is 11.5 Å². The standard InChI is InChI=1S/C15H31N/c1-3-4-5-6-7-8-9-11-15(2)12-10-14(16)13-15/h14H,3-13,16H2,1-2H3. The van der Waals surface area contributed by atoms with Crippen LogP contribution in [0.5, 0.6) is 0 Å². The largest absolute Gasteiger partial charge is 0.328 e. The molecule has 1 saturated carbocycles. The van der Waals surface area contributed by atoms with E-state index in [1.165, 1.54) is 70.6 Å². The lowest BCUT2D eigenvalue weighted by atomic mass is 9.83. The molecule has 1 rings (SSSR count). The molecule has 0 bridgehead atoms. The Hall–Kier alpha value is -0.0400. The maximum atomic E-state index is 6.00. The Morgan fingerprint density at radius 3 is 2.25 bits per heavy atom. The maximum absolute atomic E-state index is 6.00. The molecule has 16 heavy (non-hydrogen) atoms. The monoisotopic (exact) mass is 225 g/mol. The lowest BCUT2D eigenvalue weighted by molar-refractivity contribution is 0.290. The number of rotatable bonds is 8. The summed E-state index contributed by atoms with van der Waals surface area (Å²) in [7, 11) is 0. The van der Waals surface area contributed by atoms with Gasteiger partial charge in [-0.3, -0.25) is 0 Å². The molecule has 0 aromatic rings. The third kappa shape index (κ3) is 5.34. The Bertz CT molecular complexity index is 178. The topological polar surface area (TPSA) is 26.0 Å². The average Bonchev–Trinajstić information content (AvgIpc) is 2.58. The van der Waals surface area contributed by atoms with Crippen molar-refractivity contribution in [3.05, 3.63) is 0 Å². The van der Waals surface area contributed by atoms with Crippen molar-refractivity contribution in [2.75, 3.05) is 0 Å². The molecule has 2 unspecified atom stereocenters. The number of nitrogens with two attached hydrogens (primary N) is 1. The molecule has 1 fully saturated rings. The molecule has 0 aromatic carbocycles. The first-order chi connectivity index (χ1) is 7.66. The molecule has 0 aromatic heterocycles. The highest BCUT2D eigenvalue weighted by Gasteiger charge is 2.32. The fraction of sp³-hybridized carbons (Fsp3) is 1.00. The van der Waals surface area contributed by atoms with E-state index in [9.17, 15) is 0 Å². The summed E-state index contributed by atoms with van der Waals surface area (Å²) in [6.07, 6.45) is 15.3. The van der Waals surface area contributed by atoms with E-state index in [4.69, 9.17) is 5.73 Å². The summed E-state index contributed by atoms with van der Waals surface area (Å²) < 4.78 is 0. The minimum absolute atomic E-state index is 0.495. The van der Waals surface area contributed by atoms with Crippen molar-refractivity contribution in [1.82, 2.24) is 0 Å². The van der Waals surface area contributed by atoms with E-state index in [0.717, 1.165) is 0 Å². The summed E-state index contributed by atoms with van der Waals surface area (Å²) in [4.78, 5) is 0. The molecule has 0 saturated heterocycles. The molecule has 0 radical (unpaired) electrons. The molecule has 2 N–H and O–H groups in total. The Morgan fingerprint density at radius 2 is 1.69 bits per heavy atom. The van der Waals surface area contributed by atoms with Crippen LogP contribution in [0.25, 0.3) is 0 Å². The zero-order valence-corrected chi connectivity index (χ0v) is 11.4. The van der Waals surface area contributed by atoms with Crippen LogP contribution in [0.15, 0.2) is 0 Å². The van der Waals surface area contributed by atoms with Crippen LogP contribution < -0.4 is 5.73 Å². The van der Waals surface area contributed by atoms with E-state index in [1.54, 1.807) is 0 Å². The fourth-order valence-electron chi connectivity index (χ4n) is 3.11. The van der Waals surface area contributed by atoms with Crippen LogP contribution in [-0.4, -0.2) is 6.04 Å². The van der Waals surface area contributed by atoms with Gasteiger partial charge in [0.2, 0.25) is 0 Å². The van der Waals surface area contributed by atoms with Crippen LogP contribution in [0.2, 0.25) is 0 Å². The van der Waals surface area contributed by atoms with Gasteiger partial charge in [-0.2, -0.15) is 0 Å². The van der Waals surface area contributed by atoms with Crippen LogP contribution >= 0.6 is 0 Å². The first-order valence-electron chi connectivity index (χ1n) is 7.42. The molecule has 2 atom stereocenters. The number of hydrogen-bond donors (Lipinski definition) is 1. The van der Waals surface area contributed by atoms with Crippen LogP contribution in [0.1, 0.15) is 84.5 Å². The van der Waals surface area contributed by atoms with Gasteiger partial charge in [-0.05, 0) is 31.1 Å². The highest BCUT2D eigenvalue weighted by molar-refractivity contribution is 4.87. The van der Waals surface area contributed by atoms with E-state index in [1.807, 2.05) is 0 Å². The minimum atomic E-state index is 0.495. The van der Waals surface area contributed by atoms with E-state index >= 15 is 0 Å². The second-order valence-electron chi connectivity index (χ2n) is 6.18. The zero-order chi connectivity index (χ0) is 11.9. The first kappa shape index (κ1) is 14.0. The summed E-state index contributed by atoms with van der Waals surface area (Å²) in [6, 6.07) is 0.495. The predicted octanol–water partition coefficient (Wildman–Crippen LogP) is 4.64.